The van der Waals surface area contributed by atoms with Crippen LogP contribution in [0.1, 0.15) is 28.4 Å². The number of aromatic nitrogens is 1. The number of hydrogen-bond acceptors (Lipinski definition) is 4. The maximum absolute atomic E-state index is 12.7. The van der Waals surface area contributed by atoms with Crippen LogP contribution in [0.25, 0.3) is 21.8 Å². The summed E-state index contributed by atoms with van der Waals surface area (Å²) in [5.41, 5.74) is 10.1. The molecular weight excluding hydrogens is 458 g/mol. The fraction of sp³-hybridized carbons (Fsp3) is 0.138. The first-order valence-corrected chi connectivity index (χ1v) is 12.0. The number of Topliss-reactive ketones (excluding diaryl/α,β-unsaturated/α-hetero) is 1. The van der Waals surface area contributed by atoms with E-state index in [-0.39, 0.29) is 18.4 Å². The Kier molecular flexibility index (Phi) is 6.70. The average molecular weight is 484 g/mol. The van der Waals surface area contributed by atoms with Gasteiger partial charge in [0.1, 0.15) is 5.75 Å². The maximum Gasteiger partial charge on any atom is 0.176 e. The van der Waals surface area contributed by atoms with Crippen molar-refractivity contribution in [1.29, 1.82) is 0 Å². The summed E-state index contributed by atoms with van der Waals surface area (Å²) in [6.07, 6.45) is 0.699. The van der Waals surface area contributed by atoms with Gasteiger partial charge in [-0.15, -0.1) is 0 Å². The monoisotopic (exact) mass is 483 g/mol. The summed E-state index contributed by atoms with van der Waals surface area (Å²) in [5, 5.41) is 6.22. The molecule has 176 valence electrons. The van der Waals surface area contributed by atoms with Crippen LogP contribution >= 0.6 is 11.6 Å². The topological polar surface area (TPSA) is 80.1 Å². The Balaban J connectivity index is 1.25. The van der Waals surface area contributed by atoms with Crippen LogP contribution in [0.3, 0.4) is 0 Å². The predicted molar refractivity (Wildman–Crippen MR) is 143 cm³/mol. The summed E-state index contributed by atoms with van der Waals surface area (Å²) in [6.45, 7) is 0.683. The van der Waals surface area contributed by atoms with E-state index in [2.05, 4.69) is 40.6 Å². The van der Waals surface area contributed by atoms with E-state index in [1.54, 1.807) is 18.2 Å². The van der Waals surface area contributed by atoms with Crippen molar-refractivity contribution in [3.05, 3.63) is 107 Å². The third-order valence-electron chi connectivity index (χ3n) is 6.18. The second kappa shape index (κ2) is 10.2. The lowest BCUT2D eigenvalue weighted by molar-refractivity contribution is 0.0985. The number of halogens is 1. The number of hydrogen-bond donors (Lipinski definition) is 3. The van der Waals surface area contributed by atoms with Gasteiger partial charge in [-0.3, -0.25) is 4.79 Å². The van der Waals surface area contributed by atoms with Gasteiger partial charge in [0.15, 0.2) is 5.78 Å². The molecule has 1 atom stereocenters. The Hall–Kier alpha value is -3.80. The number of nitrogens with two attached hydrogens (primary N) is 1. The van der Waals surface area contributed by atoms with Gasteiger partial charge in [0.2, 0.25) is 0 Å². The van der Waals surface area contributed by atoms with Crippen LogP contribution in [-0.4, -0.2) is 23.9 Å². The fourth-order valence-electron chi connectivity index (χ4n) is 4.33. The van der Waals surface area contributed by atoms with E-state index in [4.69, 9.17) is 22.1 Å². The zero-order chi connectivity index (χ0) is 24.2. The van der Waals surface area contributed by atoms with Crippen molar-refractivity contribution in [3.63, 3.8) is 0 Å². The van der Waals surface area contributed by atoms with Gasteiger partial charge in [-0.25, -0.2) is 0 Å². The van der Waals surface area contributed by atoms with E-state index in [1.807, 2.05) is 42.5 Å². The number of H-pyrrole nitrogens is 1. The summed E-state index contributed by atoms with van der Waals surface area (Å²) in [4.78, 5) is 16.2. The van der Waals surface area contributed by atoms with Crippen LogP contribution in [0.4, 0.5) is 5.69 Å². The van der Waals surface area contributed by atoms with Crippen LogP contribution in [0, 0.1) is 0 Å². The SMILES string of the molecule is Nc1cc(C(=O)CNC(CCOc2ccc3c(c2)[nH]c2ccccc23)c2ccccc2)ccc1Cl. The first-order valence-electron chi connectivity index (χ1n) is 11.6. The summed E-state index contributed by atoms with van der Waals surface area (Å²) >= 11 is 5.99. The molecule has 0 saturated heterocycles. The molecule has 1 heterocycles. The Morgan fingerprint density at radius 3 is 2.51 bits per heavy atom. The van der Waals surface area contributed by atoms with Crippen molar-refractivity contribution in [1.82, 2.24) is 10.3 Å². The molecule has 5 aromatic rings. The zero-order valence-electron chi connectivity index (χ0n) is 19.1. The first-order chi connectivity index (χ1) is 17.1. The van der Waals surface area contributed by atoms with Crippen molar-refractivity contribution < 1.29 is 9.53 Å². The molecule has 0 bridgehead atoms. The van der Waals surface area contributed by atoms with Crippen molar-refractivity contribution in [2.75, 3.05) is 18.9 Å². The van der Waals surface area contributed by atoms with Gasteiger partial charge in [-0.05, 0) is 42.0 Å². The lowest BCUT2D eigenvalue weighted by Gasteiger charge is -2.19. The van der Waals surface area contributed by atoms with Gasteiger partial charge in [0.25, 0.3) is 0 Å². The van der Waals surface area contributed by atoms with Gasteiger partial charge in [0.05, 0.1) is 29.4 Å². The minimum absolute atomic E-state index is 0.0402. The third-order valence-corrected chi connectivity index (χ3v) is 6.53. The Labute approximate surface area is 208 Å². The highest BCUT2D eigenvalue weighted by molar-refractivity contribution is 6.33. The molecule has 4 aromatic carbocycles. The molecular formula is C29H26ClN3O2. The first kappa shape index (κ1) is 23.0. The predicted octanol–water partition coefficient (Wildman–Crippen LogP) is 6.54. The molecule has 0 amide bonds. The minimum atomic E-state index is -0.0421. The normalized spacial score (nSPS) is 12.1. The van der Waals surface area contributed by atoms with Gasteiger partial charge < -0.3 is 20.8 Å². The van der Waals surface area contributed by atoms with Crippen LogP contribution in [0.2, 0.25) is 5.02 Å². The number of aromatic amines is 1. The van der Waals surface area contributed by atoms with Gasteiger partial charge in [0, 0.05) is 40.4 Å². The van der Waals surface area contributed by atoms with Gasteiger partial charge in [-0.2, -0.15) is 0 Å². The van der Waals surface area contributed by atoms with Crippen LogP contribution in [0.5, 0.6) is 5.75 Å². The number of carbonyl (C=O) groups is 1. The molecule has 0 aliphatic heterocycles. The van der Waals surface area contributed by atoms with Crippen LogP contribution in [-0.2, 0) is 0 Å². The van der Waals surface area contributed by atoms with Crippen molar-refractivity contribution in [2.45, 2.75) is 12.5 Å². The Morgan fingerprint density at radius 2 is 1.69 bits per heavy atom. The average Bonchev–Trinajstić information content (AvgIpc) is 3.26. The van der Waals surface area contributed by atoms with E-state index >= 15 is 0 Å². The number of fused-ring (bicyclic) bond motifs is 3. The molecule has 5 rings (SSSR count). The number of nitrogen functional groups attached to an aromatic ring is 1. The Morgan fingerprint density at radius 1 is 0.914 bits per heavy atom. The number of para-hydroxylation sites is 1. The highest BCUT2D eigenvalue weighted by Crippen LogP contribution is 2.28. The molecule has 35 heavy (non-hydrogen) atoms. The van der Waals surface area contributed by atoms with Crippen molar-refractivity contribution >= 4 is 44.9 Å². The van der Waals surface area contributed by atoms with Gasteiger partial charge >= 0.3 is 0 Å². The largest absolute Gasteiger partial charge is 0.493 e. The maximum atomic E-state index is 12.7. The van der Waals surface area contributed by atoms with E-state index < -0.39 is 0 Å². The van der Waals surface area contributed by atoms with E-state index in [9.17, 15) is 4.79 Å². The molecule has 6 heteroatoms. The summed E-state index contributed by atoms with van der Waals surface area (Å²) in [7, 11) is 0. The second-order valence-electron chi connectivity index (χ2n) is 8.52. The highest BCUT2D eigenvalue weighted by Gasteiger charge is 2.15. The second-order valence-corrected chi connectivity index (χ2v) is 8.93. The van der Waals surface area contributed by atoms with Crippen LogP contribution in [0.15, 0.2) is 91.0 Å². The van der Waals surface area contributed by atoms with Crippen LogP contribution < -0.4 is 15.8 Å². The fourth-order valence-corrected chi connectivity index (χ4v) is 4.44. The molecule has 0 aliphatic carbocycles. The Bertz CT molecular complexity index is 1480. The van der Waals surface area contributed by atoms with Crippen molar-refractivity contribution in [2.24, 2.45) is 0 Å². The molecule has 1 unspecified atom stereocenters. The smallest absolute Gasteiger partial charge is 0.176 e. The standard InChI is InChI=1S/C29H26ClN3O2/c30-24-13-10-20(16-25(24)31)29(34)18-32-26(19-6-2-1-3-7-19)14-15-35-21-11-12-23-22-8-4-5-9-27(22)33-28(23)17-21/h1-13,16-17,26,32-33H,14-15,18,31H2. The molecule has 5 nitrogen and oxygen atoms in total. The number of rotatable bonds is 9. The molecule has 1 aromatic heterocycles. The number of carbonyl (C=O) groups excluding carboxylic acids is 1. The minimum Gasteiger partial charge on any atom is -0.493 e. The number of ketones is 1. The third kappa shape index (κ3) is 5.16. The molecule has 0 spiro atoms. The number of nitrogens with one attached hydrogen (secondary N) is 2. The number of anilines is 1. The van der Waals surface area contributed by atoms with E-state index in [1.165, 1.54) is 10.8 Å². The van der Waals surface area contributed by atoms with Crippen molar-refractivity contribution in [3.8, 4) is 5.75 Å². The molecule has 0 aliphatic rings. The number of ether oxygens (including phenoxy) is 1. The molecule has 0 saturated carbocycles. The lowest BCUT2D eigenvalue weighted by Crippen LogP contribution is -2.29. The molecule has 0 radical (unpaired) electrons. The summed E-state index contributed by atoms with van der Waals surface area (Å²) in [6, 6.07) is 29.4. The summed E-state index contributed by atoms with van der Waals surface area (Å²) in [5.74, 6) is 0.767. The number of benzene rings is 4. The quantitative estimate of drug-likeness (QED) is 0.164. The van der Waals surface area contributed by atoms with E-state index in [0.717, 1.165) is 22.3 Å². The summed E-state index contributed by atoms with van der Waals surface area (Å²) < 4.78 is 6.11. The zero-order valence-corrected chi connectivity index (χ0v) is 19.9. The van der Waals surface area contributed by atoms with E-state index in [0.29, 0.717) is 29.3 Å². The molecule has 0 fully saturated rings. The van der Waals surface area contributed by atoms with Gasteiger partial charge in [-0.1, -0.05) is 60.1 Å². The lowest BCUT2D eigenvalue weighted by atomic mass is 10.0. The molecule has 4 N–H and O–H groups in total. The highest BCUT2D eigenvalue weighted by atomic mass is 35.5.